The number of carbonyl (C=O) groups is 1. The van der Waals surface area contributed by atoms with Gasteiger partial charge in [0.2, 0.25) is 0 Å². The van der Waals surface area contributed by atoms with Crippen LogP contribution in [-0.2, 0) is 13.0 Å². The van der Waals surface area contributed by atoms with Crippen LogP contribution in [0.25, 0.3) is 11.4 Å². The number of hydrogen-bond acceptors (Lipinski definition) is 5. The SMILES string of the molecule is CN(C[C@@H]1Cc2ccccc2CN1C)C(=O)c1cnc(-c2ccncc2)nc1. The molecular weight excluding hydrogens is 350 g/mol. The van der Waals surface area contributed by atoms with Crippen LogP contribution in [0.2, 0.25) is 0 Å². The van der Waals surface area contributed by atoms with Crippen molar-refractivity contribution in [1.29, 1.82) is 0 Å². The molecular formula is C22H23N5O. The van der Waals surface area contributed by atoms with E-state index in [1.807, 2.05) is 19.2 Å². The zero-order valence-corrected chi connectivity index (χ0v) is 16.1. The summed E-state index contributed by atoms with van der Waals surface area (Å²) in [6.45, 7) is 1.57. The number of amides is 1. The topological polar surface area (TPSA) is 62.2 Å². The third-order valence-electron chi connectivity index (χ3n) is 5.29. The molecule has 28 heavy (non-hydrogen) atoms. The standard InChI is InChI=1S/C22H23N5O/c1-26-14-18-6-4-3-5-17(18)11-20(26)15-27(2)22(28)19-12-24-21(25-13-19)16-7-9-23-10-8-16/h3-10,12-13,20H,11,14-15H2,1-2H3/t20-/m0/s1. The van der Waals surface area contributed by atoms with Crippen LogP contribution in [0.4, 0.5) is 0 Å². The summed E-state index contributed by atoms with van der Waals surface area (Å²) in [5, 5.41) is 0. The van der Waals surface area contributed by atoms with Gasteiger partial charge in [0.1, 0.15) is 0 Å². The van der Waals surface area contributed by atoms with Gasteiger partial charge in [0.15, 0.2) is 5.82 Å². The average molecular weight is 373 g/mol. The lowest BCUT2D eigenvalue weighted by atomic mass is 9.94. The maximum absolute atomic E-state index is 12.8. The first-order valence-corrected chi connectivity index (χ1v) is 9.37. The smallest absolute Gasteiger partial charge is 0.256 e. The Morgan fingerprint density at radius 1 is 1.11 bits per heavy atom. The molecule has 0 fully saturated rings. The van der Waals surface area contributed by atoms with Gasteiger partial charge in [0, 0.05) is 56.5 Å². The van der Waals surface area contributed by atoms with E-state index in [4.69, 9.17) is 0 Å². The van der Waals surface area contributed by atoms with Crippen molar-refractivity contribution in [2.24, 2.45) is 0 Å². The Morgan fingerprint density at radius 2 is 1.79 bits per heavy atom. The molecule has 142 valence electrons. The van der Waals surface area contributed by atoms with Gasteiger partial charge >= 0.3 is 0 Å². The molecule has 1 aromatic carbocycles. The molecule has 0 spiro atoms. The molecule has 6 heteroatoms. The molecule has 0 aliphatic carbocycles. The van der Waals surface area contributed by atoms with Gasteiger partial charge in [-0.15, -0.1) is 0 Å². The highest BCUT2D eigenvalue weighted by Gasteiger charge is 2.26. The number of nitrogens with zero attached hydrogens (tertiary/aromatic N) is 5. The summed E-state index contributed by atoms with van der Waals surface area (Å²) >= 11 is 0. The van der Waals surface area contributed by atoms with Crippen LogP contribution in [0, 0.1) is 0 Å². The summed E-state index contributed by atoms with van der Waals surface area (Å²) < 4.78 is 0. The summed E-state index contributed by atoms with van der Waals surface area (Å²) in [7, 11) is 3.96. The lowest BCUT2D eigenvalue weighted by molar-refractivity contribution is 0.0732. The predicted molar refractivity (Wildman–Crippen MR) is 108 cm³/mol. The zero-order chi connectivity index (χ0) is 19.5. The fourth-order valence-electron chi connectivity index (χ4n) is 3.63. The van der Waals surface area contributed by atoms with Crippen LogP contribution in [0.1, 0.15) is 21.5 Å². The lowest BCUT2D eigenvalue weighted by Crippen LogP contribution is -2.46. The monoisotopic (exact) mass is 373 g/mol. The molecule has 0 radical (unpaired) electrons. The number of benzene rings is 1. The van der Waals surface area contributed by atoms with Gasteiger partial charge in [0.25, 0.3) is 5.91 Å². The Kier molecular flexibility index (Phi) is 5.12. The maximum Gasteiger partial charge on any atom is 0.256 e. The summed E-state index contributed by atoms with van der Waals surface area (Å²) in [5.74, 6) is 0.527. The second kappa shape index (κ2) is 7.86. The van der Waals surface area contributed by atoms with Gasteiger partial charge in [-0.1, -0.05) is 24.3 Å². The second-order valence-corrected chi connectivity index (χ2v) is 7.26. The normalized spacial score (nSPS) is 16.4. The molecule has 1 aliphatic rings. The van der Waals surface area contributed by atoms with Crippen LogP contribution in [0.3, 0.4) is 0 Å². The van der Waals surface area contributed by atoms with Crippen molar-refractivity contribution in [3.63, 3.8) is 0 Å². The van der Waals surface area contributed by atoms with E-state index in [0.717, 1.165) is 18.5 Å². The number of likely N-dealkylation sites (N-methyl/N-ethyl adjacent to an activating group) is 2. The Labute approximate surface area is 164 Å². The van der Waals surface area contributed by atoms with Crippen molar-refractivity contribution in [2.75, 3.05) is 20.6 Å². The number of pyridine rings is 1. The van der Waals surface area contributed by atoms with E-state index in [0.29, 0.717) is 24.0 Å². The number of rotatable bonds is 4. The summed E-state index contributed by atoms with van der Waals surface area (Å²) in [5.41, 5.74) is 4.12. The molecule has 0 saturated carbocycles. The molecule has 0 N–H and O–H groups in total. The van der Waals surface area contributed by atoms with Gasteiger partial charge < -0.3 is 4.90 Å². The van der Waals surface area contributed by atoms with Gasteiger partial charge in [-0.25, -0.2) is 9.97 Å². The molecule has 3 heterocycles. The van der Waals surface area contributed by atoms with Crippen molar-refractivity contribution in [1.82, 2.24) is 24.8 Å². The van der Waals surface area contributed by atoms with Crippen LogP contribution < -0.4 is 0 Å². The quantitative estimate of drug-likeness (QED) is 0.704. The van der Waals surface area contributed by atoms with E-state index in [-0.39, 0.29) is 5.91 Å². The van der Waals surface area contributed by atoms with E-state index >= 15 is 0 Å². The zero-order valence-electron chi connectivity index (χ0n) is 16.1. The van der Waals surface area contributed by atoms with Crippen molar-refractivity contribution >= 4 is 5.91 Å². The Hall–Kier alpha value is -3.12. The van der Waals surface area contributed by atoms with Gasteiger partial charge in [-0.2, -0.15) is 0 Å². The van der Waals surface area contributed by atoms with Gasteiger partial charge in [-0.3, -0.25) is 14.7 Å². The number of carbonyl (C=O) groups excluding carboxylic acids is 1. The van der Waals surface area contributed by atoms with E-state index in [1.54, 1.807) is 29.7 Å². The molecule has 1 amide bonds. The van der Waals surface area contributed by atoms with Crippen molar-refractivity contribution in [3.8, 4) is 11.4 Å². The van der Waals surface area contributed by atoms with Crippen LogP contribution in [0.15, 0.2) is 61.2 Å². The first kappa shape index (κ1) is 18.3. The summed E-state index contributed by atoms with van der Waals surface area (Å²) in [6.07, 6.45) is 7.54. The molecule has 4 rings (SSSR count). The molecule has 6 nitrogen and oxygen atoms in total. The molecule has 1 atom stereocenters. The van der Waals surface area contributed by atoms with Crippen LogP contribution >= 0.6 is 0 Å². The van der Waals surface area contributed by atoms with Crippen LogP contribution in [0.5, 0.6) is 0 Å². The first-order valence-electron chi connectivity index (χ1n) is 9.37. The molecule has 0 bridgehead atoms. The molecule has 0 unspecified atom stereocenters. The van der Waals surface area contributed by atoms with Crippen molar-refractivity contribution in [3.05, 3.63) is 77.9 Å². The van der Waals surface area contributed by atoms with E-state index < -0.39 is 0 Å². The highest BCUT2D eigenvalue weighted by Crippen LogP contribution is 2.22. The number of hydrogen-bond donors (Lipinski definition) is 0. The van der Waals surface area contributed by atoms with E-state index in [1.165, 1.54) is 11.1 Å². The molecule has 2 aromatic heterocycles. The molecule has 1 aliphatic heterocycles. The van der Waals surface area contributed by atoms with Gasteiger partial charge in [0.05, 0.1) is 5.56 Å². The minimum atomic E-state index is -0.0615. The summed E-state index contributed by atoms with van der Waals surface area (Å²) in [4.78, 5) is 29.6. The van der Waals surface area contributed by atoms with Crippen molar-refractivity contribution in [2.45, 2.75) is 19.0 Å². The second-order valence-electron chi connectivity index (χ2n) is 7.26. The van der Waals surface area contributed by atoms with Crippen LogP contribution in [-0.4, -0.2) is 57.3 Å². The Morgan fingerprint density at radius 3 is 2.50 bits per heavy atom. The Bertz CT molecular complexity index is 958. The third kappa shape index (κ3) is 3.77. The third-order valence-corrected chi connectivity index (χ3v) is 5.29. The lowest BCUT2D eigenvalue weighted by Gasteiger charge is -2.36. The van der Waals surface area contributed by atoms with E-state index in [2.05, 4.69) is 51.2 Å². The van der Waals surface area contributed by atoms with Crippen molar-refractivity contribution < 1.29 is 4.79 Å². The predicted octanol–water partition coefficient (Wildman–Crippen LogP) is 2.67. The first-order chi connectivity index (χ1) is 13.6. The highest BCUT2D eigenvalue weighted by molar-refractivity contribution is 5.93. The fraction of sp³-hybridized carbons (Fsp3) is 0.273. The number of aromatic nitrogens is 3. The van der Waals surface area contributed by atoms with E-state index in [9.17, 15) is 4.79 Å². The summed E-state index contributed by atoms with van der Waals surface area (Å²) in [6, 6.07) is 12.5. The maximum atomic E-state index is 12.8. The van der Waals surface area contributed by atoms with Gasteiger partial charge in [-0.05, 0) is 36.7 Å². The minimum Gasteiger partial charge on any atom is -0.340 e. The Balaban J connectivity index is 1.44. The molecule has 3 aromatic rings. The fourth-order valence-corrected chi connectivity index (χ4v) is 3.63. The number of fused-ring (bicyclic) bond motifs is 1. The minimum absolute atomic E-state index is 0.0615. The average Bonchev–Trinajstić information content (AvgIpc) is 2.74. The largest absolute Gasteiger partial charge is 0.340 e. The highest BCUT2D eigenvalue weighted by atomic mass is 16.2. The molecule has 0 saturated heterocycles.